The Morgan fingerprint density at radius 2 is 1.85 bits per heavy atom. The second-order valence-corrected chi connectivity index (χ2v) is 7.00. The van der Waals surface area contributed by atoms with E-state index in [9.17, 15) is 14.4 Å². The summed E-state index contributed by atoms with van der Waals surface area (Å²) in [5.74, 6) is 0.465. The predicted octanol–water partition coefficient (Wildman–Crippen LogP) is -0.828. The number of nitrogens with one attached hydrogen (secondary N) is 2. The standard InChI is InChI=1S/C17H26N6O3/c18-7-1-2-13(19)22-8-10-23(11-9-22)14(24)5-6-17(12-3-4-12)15(25)20-16(26)21-17/h1-2,7,12H,3-6,8-11,18-19H2,(H2,20,21,25,26)/b7-1-,13-2+. The number of nitrogens with two attached hydrogens (primary N) is 2. The first-order valence-electron chi connectivity index (χ1n) is 8.96. The molecule has 1 saturated carbocycles. The third-order valence-corrected chi connectivity index (χ3v) is 5.35. The Labute approximate surface area is 152 Å². The van der Waals surface area contributed by atoms with Crippen LogP contribution in [-0.4, -0.2) is 59.4 Å². The van der Waals surface area contributed by atoms with Crippen LogP contribution in [0.3, 0.4) is 0 Å². The lowest BCUT2D eigenvalue weighted by molar-refractivity contribution is -0.133. The minimum atomic E-state index is -0.906. The van der Waals surface area contributed by atoms with Gasteiger partial charge in [0.2, 0.25) is 5.91 Å². The van der Waals surface area contributed by atoms with Gasteiger partial charge in [-0.2, -0.15) is 0 Å². The fourth-order valence-corrected chi connectivity index (χ4v) is 3.68. The van der Waals surface area contributed by atoms with Crippen LogP contribution in [0.25, 0.3) is 0 Å². The van der Waals surface area contributed by atoms with Crippen LogP contribution in [0.4, 0.5) is 4.79 Å². The van der Waals surface area contributed by atoms with Crippen molar-refractivity contribution in [2.24, 2.45) is 17.4 Å². The van der Waals surface area contributed by atoms with Crippen LogP contribution >= 0.6 is 0 Å². The Morgan fingerprint density at radius 1 is 1.19 bits per heavy atom. The highest BCUT2D eigenvalue weighted by Gasteiger charge is 2.55. The van der Waals surface area contributed by atoms with Crippen LogP contribution in [0.5, 0.6) is 0 Å². The molecule has 3 aliphatic rings. The van der Waals surface area contributed by atoms with Gasteiger partial charge < -0.3 is 26.6 Å². The van der Waals surface area contributed by atoms with Gasteiger partial charge in [0.05, 0.1) is 5.82 Å². The Balaban J connectivity index is 1.52. The summed E-state index contributed by atoms with van der Waals surface area (Å²) in [4.78, 5) is 40.1. The fraction of sp³-hybridized carbons (Fsp3) is 0.588. The van der Waals surface area contributed by atoms with E-state index in [1.54, 1.807) is 17.1 Å². The highest BCUT2D eigenvalue weighted by molar-refractivity contribution is 6.07. The highest BCUT2D eigenvalue weighted by atomic mass is 16.2. The normalized spacial score (nSPS) is 27.0. The average molecular weight is 362 g/mol. The molecule has 9 nitrogen and oxygen atoms in total. The van der Waals surface area contributed by atoms with Crippen LogP contribution in [-0.2, 0) is 9.59 Å². The van der Waals surface area contributed by atoms with Crippen molar-refractivity contribution in [3.63, 3.8) is 0 Å². The van der Waals surface area contributed by atoms with Gasteiger partial charge in [-0.05, 0) is 43.5 Å². The molecule has 0 radical (unpaired) electrons. The maximum atomic E-state index is 12.6. The Hall–Kier alpha value is -2.71. The Morgan fingerprint density at radius 3 is 2.38 bits per heavy atom. The molecule has 0 spiro atoms. The maximum absolute atomic E-state index is 12.6. The minimum absolute atomic E-state index is 0.00280. The van der Waals surface area contributed by atoms with E-state index in [2.05, 4.69) is 10.6 Å². The van der Waals surface area contributed by atoms with Gasteiger partial charge in [0, 0.05) is 32.6 Å². The largest absolute Gasteiger partial charge is 0.405 e. The number of hydrogen-bond donors (Lipinski definition) is 4. The van der Waals surface area contributed by atoms with Crippen LogP contribution in [0.2, 0.25) is 0 Å². The first-order valence-corrected chi connectivity index (χ1v) is 8.96. The van der Waals surface area contributed by atoms with Crippen LogP contribution < -0.4 is 22.1 Å². The summed E-state index contributed by atoms with van der Waals surface area (Å²) in [6, 6.07) is -0.461. The molecule has 1 atom stereocenters. The van der Waals surface area contributed by atoms with Gasteiger partial charge in [-0.15, -0.1) is 0 Å². The molecule has 0 aromatic carbocycles. The Kier molecular flexibility index (Phi) is 5.06. The van der Waals surface area contributed by atoms with E-state index in [1.165, 1.54) is 6.20 Å². The minimum Gasteiger partial charge on any atom is -0.405 e. The third-order valence-electron chi connectivity index (χ3n) is 5.35. The van der Waals surface area contributed by atoms with Crippen molar-refractivity contribution in [2.45, 2.75) is 31.2 Å². The molecule has 2 aliphatic heterocycles. The van der Waals surface area contributed by atoms with E-state index in [1.807, 2.05) is 4.90 Å². The number of carbonyl (C=O) groups excluding carboxylic acids is 3. The van der Waals surface area contributed by atoms with E-state index < -0.39 is 11.6 Å². The van der Waals surface area contributed by atoms with Crippen molar-refractivity contribution in [2.75, 3.05) is 26.2 Å². The van der Waals surface area contributed by atoms with Gasteiger partial charge in [0.15, 0.2) is 0 Å². The number of rotatable bonds is 6. The molecule has 142 valence electrons. The molecule has 4 amide bonds. The quantitative estimate of drug-likeness (QED) is 0.360. The molecule has 3 fully saturated rings. The van der Waals surface area contributed by atoms with E-state index in [-0.39, 0.29) is 24.2 Å². The van der Waals surface area contributed by atoms with Gasteiger partial charge in [-0.25, -0.2) is 4.79 Å². The van der Waals surface area contributed by atoms with Crippen LogP contribution in [0.15, 0.2) is 24.2 Å². The first-order chi connectivity index (χ1) is 12.5. The molecule has 0 bridgehead atoms. The third kappa shape index (κ3) is 3.61. The lowest BCUT2D eigenvalue weighted by atomic mass is 9.87. The monoisotopic (exact) mass is 362 g/mol. The lowest BCUT2D eigenvalue weighted by Gasteiger charge is -2.36. The number of amides is 4. The van der Waals surface area contributed by atoms with E-state index in [0.29, 0.717) is 38.4 Å². The van der Waals surface area contributed by atoms with Crippen LogP contribution in [0, 0.1) is 5.92 Å². The van der Waals surface area contributed by atoms with Crippen molar-refractivity contribution >= 4 is 17.8 Å². The van der Waals surface area contributed by atoms with Crippen molar-refractivity contribution in [1.29, 1.82) is 0 Å². The number of imide groups is 1. The molecule has 9 heteroatoms. The summed E-state index contributed by atoms with van der Waals surface area (Å²) in [6.45, 7) is 2.46. The number of urea groups is 1. The number of allylic oxidation sites excluding steroid dienone is 2. The van der Waals surface area contributed by atoms with Gasteiger partial charge in [0.25, 0.3) is 5.91 Å². The number of carbonyl (C=O) groups is 3. The zero-order valence-electron chi connectivity index (χ0n) is 14.7. The van der Waals surface area contributed by atoms with E-state index >= 15 is 0 Å². The van der Waals surface area contributed by atoms with Crippen molar-refractivity contribution in [1.82, 2.24) is 20.4 Å². The molecule has 26 heavy (non-hydrogen) atoms. The van der Waals surface area contributed by atoms with Crippen molar-refractivity contribution in [3.05, 3.63) is 24.2 Å². The molecule has 3 rings (SSSR count). The number of piperazine rings is 1. The molecule has 0 aromatic heterocycles. The van der Waals surface area contributed by atoms with Gasteiger partial charge >= 0.3 is 6.03 Å². The smallest absolute Gasteiger partial charge is 0.322 e. The predicted molar refractivity (Wildman–Crippen MR) is 95.1 cm³/mol. The van der Waals surface area contributed by atoms with Gasteiger partial charge in [-0.1, -0.05) is 0 Å². The molecular formula is C17H26N6O3. The van der Waals surface area contributed by atoms with E-state index in [0.717, 1.165) is 12.8 Å². The zero-order chi connectivity index (χ0) is 18.7. The van der Waals surface area contributed by atoms with Gasteiger partial charge in [0.1, 0.15) is 5.54 Å². The molecular weight excluding hydrogens is 336 g/mol. The van der Waals surface area contributed by atoms with E-state index in [4.69, 9.17) is 11.5 Å². The summed E-state index contributed by atoms with van der Waals surface area (Å²) >= 11 is 0. The summed E-state index contributed by atoms with van der Waals surface area (Å²) in [5, 5.41) is 5.07. The number of hydrogen-bond acceptors (Lipinski definition) is 6. The summed E-state index contributed by atoms with van der Waals surface area (Å²) in [6.07, 6.45) is 7.22. The van der Waals surface area contributed by atoms with Gasteiger partial charge in [-0.3, -0.25) is 14.9 Å². The fourth-order valence-electron chi connectivity index (χ4n) is 3.68. The second kappa shape index (κ2) is 7.27. The molecule has 1 aliphatic carbocycles. The summed E-state index contributed by atoms with van der Waals surface area (Å²) < 4.78 is 0. The van der Waals surface area contributed by atoms with Crippen molar-refractivity contribution in [3.8, 4) is 0 Å². The Bertz CT molecular complexity index is 649. The molecule has 0 aromatic rings. The first kappa shape index (κ1) is 18.1. The molecule has 1 unspecified atom stereocenters. The summed E-state index contributed by atoms with van der Waals surface area (Å²) in [5.41, 5.74) is 10.4. The molecule has 2 heterocycles. The zero-order valence-corrected chi connectivity index (χ0v) is 14.7. The van der Waals surface area contributed by atoms with Crippen molar-refractivity contribution < 1.29 is 14.4 Å². The summed E-state index contributed by atoms with van der Waals surface area (Å²) in [7, 11) is 0. The second-order valence-electron chi connectivity index (χ2n) is 7.00. The average Bonchev–Trinajstić information content (AvgIpc) is 3.44. The SMILES string of the molecule is N/C=C\C=C(/N)N1CCN(C(=O)CCC2(C3CC3)NC(=O)NC2=O)CC1. The molecule has 2 saturated heterocycles. The highest BCUT2D eigenvalue weighted by Crippen LogP contribution is 2.43. The number of nitrogens with zero attached hydrogens (tertiary/aromatic N) is 2. The lowest BCUT2D eigenvalue weighted by Crippen LogP contribution is -2.52. The topological polar surface area (TPSA) is 134 Å². The van der Waals surface area contributed by atoms with Crippen LogP contribution in [0.1, 0.15) is 25.7 Å². The molecule has 6 N–H and O–H groups in total. The maximum Gasteiger partial charge on any atom is 0.322 e.